The van der Waals surface area contributed by atoms with E-state index >= 15 is 0 Å². The van der Waals surface area contributed by atoms with Gasteiger partial charge in [0.15, 0.2) is 0 Å². The number of nitrogens with one attached hydrogen (secondary N) is 1. The minimum atomic E-state index is -0.504. The van der Waals surface area contributed by atoms with Crippen molar-refractivity contribution in [3.63, 3.8) is 0 Å². The second-order valence-corrected chi connectivity index (χ2v) is 7.40. The second-order valence-electron chi connectivity index (χ2n) is 7.40. The highest BCUT2D eigenvalue weighted by atomic mass is 16.2. The predicted octanol–water partition coefficient (Wildman–Crippen LogP) is 3.30. The molecular formula is C22H26N2O3. The SMILES string of the molecule is CCc1c(C(=O)c2cc(C)cc(C)c2)[nH]c(=O)n(CCC2CC=CC2)c1=O. The third-order valence-corrected chi connectivity index (χ3v) is 5.21. The molecule has 1 aliphatic carbocycles. The molecule has 0 atom stereocenters. The quantitative estimate of drug-likeness (QED) is 0.630. The van der Waals surface area contributed by atoms with Crippen molar-refractivity contribution < 1.29 is 4.79 Å². The summed E-state index contributed by atoms with van der Waals surface area (Å²) in [6, 6.07) is 5.55. The second kappa shape index (κ2) is 7.91. The molecule has 1 aromatic heterocycles. The molecule has 0 amide bonds. The molecule has 0 radical (unpaired) electrons. The van der Waals surface area contributed by atoms with Crippen LogP contribution in [-0.2, 0) is 13.0 Å². The molecule has 5 heteroatoms. The number of nitrogens with zero attached hydrogens (tertiary/aromatic N) is 1. The first-order chi connectivity index (χ1) is 12.9. The van der Waals surface area contributed by atoms with Crippen LogP contribution < -0.4 is 11.2 Å². The number of aromatic nitrogens is 2. The maximum absolute atomic E-state index is 13.0. The van der Waals surface area contributed by atoms with Gasteiger partial charge in [-0.25, -0.2) is 4.79 Å². The number of H-pyrrole nitrogens is 1. The third kappa shape index (κ3) is 4.02. The number of hydrogen-bond donors (Lipinski definition) is 1. The van der Waals surface area contributed by atoms with Gasteiger partial charge in [0, 0.05) is 17.7 Å². The number of hydrogen-bond acceptors (Lipinski definition) is 3. The van der Waals surface area contributed by atoms with Gasteiger partial charge in [-0.05, 0) is 57.6 Å². The number of carbonyl (C=O) groups is 1. The number of ketones is 1. The number of benzene rings is 1. The molecule has 0 spiro atoms. The van der Waals surface area contributed by atoms with Crippen LogP contribution in [0, 0.1) is 19.8 Å². The Hall–Kier alpha value is -2.69. The van der Waals surface area contributed by atoms with Crippen LogP contribution in [-0.4, -0.2) is 15.3 Å². The monoisotopic (exact) mass is 366 g/mol. The molecule has 0 unspecified atom stereocenters. The summed E-state index contributed by atoms with van der Waals surface area (Å²) in [7, 11) is 0. The Morgan fingerprint density at radius 1 is 1.11 bits per heavy atom. The first-order valence-corrected chi connectivity index (χ1v) is 9.54. The van der Waals surface area contributed by atoms with Crippen LogP contribution in [0.3, 0.4) is 0 Å². The average Bonchev–Trinajstić information content (AvgIpc) is 3.13. The number of carbonyl (C=O) groups excluding carboxylic acids is 1. The van der Waals surface area contributed by atoms with Crippen LogP contribution in [0.25, 0.3) is 0 Å². The maximum atomic E-state index is 13.0. The molecule has 0 saturated carbocycles. The zero-order valence-corrected chi connectivity index (χ0v) is 16.2. The van der Waals surface area contributed by atoms with Gasteiger partial charge < -0.3 is 4.98 Å². The van der Waals surface area contributed by atoms with Gasteiger partial charge >= 0.3 is 5.69 Å². The molecule has 1 aliphatic rings. The van der Waals surface area contributed by atoms with Crippen molar-refractivity contribution in [1.29, 1.82) is 0 Å². The van der Waals surface area contributed by atoms with E-state index in [4.69, 9.17) is 0 Å². The lowest BCUT2D eigenvalue weighted by Crippen LogP contribution is -2.40. The smallest absolute Gasteiger partial charge is 0.303 e. The minimum Gasteiger partial charge on any atom is -0.303 e. The molecule has 142 valence electrons. The normalized spacial score (nSPS) is 14.0. The fraction of sp³-hybridized carbons (Fsp3) is 0.409. The summed E-state index contributed by atoms with van der Waals surface area (Å²) >= 11 is 0. The summed E-state index contributed by atoms with van der Waals surface area (Å²) in [6.07, 6.45) is 7.45. The van der Waals surface area contributed by atoms with Gasteiger partial charge in [-0.3, -0.25) is 14.2 Å². The fourth-order valence-electron chi connectivity index (χ4n) is 3.81. The summed E-state index contributed by atoms with van der Waals surface area (Å²) < 4.78 is 1.25. The van der Waals surface area contributed by atoms with Crippen molar-refractivity contribution in [2.45, 2.75) is 53.0 Å². The van der Waals surface area contributed by atoms with E-state index in [-0.39, 0.29) is 17.0 Å². The Morgan fingerprint density at radius 3 is 2.33 bits per heavy atom. The van der Waals surface area contributed by atoms with Gasteiger partial charge in [-0.1, -0.05) is 36.3 Å². The van der Waals surface area contributed by atoms with Gasteiger partial charge in [0.25, 0.3) is 5.56 Å². The van der Waals surface area contributed by atoms with E-state index in [0.717, 1.165) is 30.4 Å². The van der Waals surface area contributed by atoms with Gasteiger partial charge in [0.1, 0.15) is 0 Å². The lowest BCUT2D eigenvalue weighted by molar-refractivity contribution is 0.103. The molecular weight excluding hydrogens is 340 g/mol. The van der Waals surface area contributed by atoms with Crippen LogP contribution in [0.15, 0.2) is 39.9 Å². The summed E-state index contributed by atoms with van der Waals surface area (Å²) in [6.45, 7) is 6.05. The predicted molar refractivity (Wildman–Crippen MR) is 107 cm³/mol. The molecule has 0 aliphatic heterocycles. The Bertz CT molecular complexity index is 983. The van der Waals surface area contributed by atoms with Crippen LogP contribution in [0.2, 0.25) is 0 Å². The van der Waals surface area contributed by atoms with E-state index in [2.05, 4.69) is 17.1 Å². The Labute approximate surface area is 158 Å². The summed E-state index contributed by atoms with van der Waals surface area (Å²) in [5.74, 6) is 0.179. The topological polar surface area (TPSA) is 71.9 Å². The van der Waals surface area contributed by atoms with Crippen LogP contribution in [0.5, 0.6) is 0 Å². The fourth-order valence-corrected chi connectivity index (χ4v) is 3.81. The molecule has 1 aromatic carbocycles. The van der Waals surface area contributed by atoms with Crippen LogP contribution in [0.1, 0.15) is 58.9 Å². The molecule has 3 rings (SSSR count). The Kier molecular flexibility index (Phi) is 5.59. The maximum Gasteiger partial charge on any atom is 0.328 e. The number of rotatable bonds is 6. The minimum absolute atomic E-state index is 0.122. The number of allylic oxidation sites excluding steroid dienone is 2. The zero-order valence-electron chi connectivity index (χ0n) is 16.2. The van der Waals surface area contributed by atoms with Crippen molar-refractivity contribution in [3.8, 4) is 0 Å². The van der Waals surface area contributed by atoms with E-state index in [9.17, 15) is 14.4 Å². The molecule has 27 heavy (non-hydrogen) atoms. The van der Waals surface area contributed by atoms with Crippen molar-refractivity contribution >= 4 is 5.78 Å². The van der Waals surface area contributed by atoms with Crippen molar-refractivity contribution in [3.05, 3.63) is 79.1 Å². The van der Waals surface area contributed by atoms with Crippen molar-refractivity contribution in [1.82, 2.24) is 9.55 Å². The lowest BCUT2D eigenvalue weighted by Gasteiger charge is -2.13. The molecule has 0 bridgehead atoms. The Morgan fingerprint density at radius 2 is 1.74 bits per heavy atom. The average molecular weight is 366 g/mol. The van der Waals surface area contributed by atoms with Gasteiger partial charge in [-0.15, -0.1) is 0 Å². The highest BCUT2D eigenvalue weighted by Gasteiger charge is 2.21. The highest BCUT2D eigenvalue weighted by Crippen LogP contribution is 2.21. The van der Waals surface area contributed by atoms with Gasteiger partial charge in [-0.2, -0.15) is 0 Å². The summed E-state index contributed by atoms with van der Waals surface area (Å²) in [4.78, 5) is 41.1. The standard InChI is InChI=1S/C22H26N2O3/c1-4-18-19(20(25)17-12-14(2)11-15(3)13-17)23-22(27)24(21(18)26)10-9-16-7-5-6-8-16/h5-6,11-13,16H,4,7-10H2,1-3H3,(H,23,27). The molecule has 5 nitrogen and oxygen atoms in total. The Balaban J connectivity index is 1.97. The van der Waals surface area contributed by atoms with E-state index < -0.39 is 5.69 Å². The lowest BCUT2D eigenvalue weighted by atomic mass is 9.99. The van der Waals surface area contributed by atoms with Crippen LogP contribution >= 0.6 is 0 Å². The third-order valence-electron chi connectivity index (χ3n) is 5.21. The van der Waals surface area contributed by atoms with Crippen LogP contribution in [0.4, 0.5) is 0 Å². The van der Waals surface area contributed by atoms with E-state index in [0.29, 0.717) is 30.0 Å². The van der Waals surface area contributed by atoms with Gasteiger partial charge in [0.2, 0.25) is 5.78 Å². The number of aromatic amines is 1. The van der Waals surface area contributed by atoms with Crippen molar-refractivity contribution in [2.24, 2.45) is 5.92 Å². The van der Waals surface area contributed by atoms with Gasteiger partial charge in [0.05, 0.1) is 5.69 Å². The van der Waals surface area contributed by atoms with E-state index in [1.54, 1.807) is 12.1 Å². The molecule has 0 saturated heterocycles. The highest BCUT2D eigenvalue weighted by molar-refractivity contribution is 6.08. The van der Waals surface area contributed by atoms with E-state index in [1.807, 2.05) is 26.8 Å². The van der Waals surface area contributed by atoms with E-state index in [1.165, 1.54) is 4.57 Å². The zero-order chi connectivity index (χ0) is 19.6. The first-order valence-electron chi connectivity index (χ1n) is 9.54. The molecule has 0 fully saturated rings. The van der Waals surface area contributed by atoms with Crippen molar-refractivity contribution in [2.75, 3.05) is 0 Å². The molecule has 1 heterocycles. The molecule has 1 N–H and O–H groups in total. The summed E-state index contributed by atoms with van der Waals surface area (Å²) in [5.41, 5.74) is 2.08. The molecule has 2 aromatic rings. The first kappa shape index (κ1) is 19.1. The summed E-state index contributed by atoms with van der Waals surface area (Å²) in [5, 5.41) is 0. The number of aryl methyl sites for hydroxylation is 2. The largest absolute Gasteiger partial charge is 0.328 e.